The molecule has 0 aliphatic heterocycles. The molecule has 0 heterocycles. The topological polar surface area (TPSA) is 66.4 Å². The molecule has 0 amide bonds. The molecule has 2 atom stereocenters. The van der Waals surface area contributed by atoms with E-state index < -0.39 is 12.0 Å². The van der Waals surface area contributed by atoms with E-state index in [2.05, 4.69) is 5.32 Å². The highest BCUT2D eigenvalue weighted by atomic mass is 16.4. The molecule has 1 fully saturated rings. The quantitative estimate of drug-likeness (QED) is 0.845. The lowest BCUT2D eigenvalue weighted by atomic mass is 9.82. The van der Waals surface area contributed by atoms with Gasteiger partial charge in [0.15, 0.2) is 0 Å². The van der Waals surface area contributed by atoms with Gasteiger partial charge in [-0.25, -0.2) is 0 Å². The Morgan fingerprint density at radius 1 is 1.00 bits per heavy atom. The fraction of sp³-hybridized carbons (Fsp3) is 0.333. The molecule has 3 rings (SSSR count). The van der Waals surface area contributed by atoms with Gasteiger partial charge in [0.25, 0.3) is 0 Å². The van der Waals surface area contributed by atoms with Crippen molar-refractivity contribution in [3.8, 4) is 0 Å². The summed E-state index contributed by atoms with van der Waals surface area (Å²) in [5.74, 6) is -0.884. The number of aliphatic carboxylic acids is 1. The Bertz CT molecular complexity index is 675. The molecule has 2 aromatic rings. The first-order valence-electron chi connectivity index (χ1n) is 8.75. The molecule has 1 unspecified atom stereocenters. The van der Waals surface area contributed by atoms with E-state index in [1.54, 1.807) is 0 Å². The number of ketones is 1. The molecule has 1 saturated carbocycles. The number of carbonyl (C=O) groups excluding carboxylic acids is 1. The van der Waals surface area contributed by atoms with Gasteiger partial charge in [-0.05, 0) is 29.9 Å². The summed E-state index contributed by atoms with van der Waals surface area (Å²) >= 11 is 0. The maximum atomic E-state index is 11.9. The van der Waals surface area contributed by atoms with E-state index in [-0.39, 0.29) is 17.7 Å². The van der Waals surface area contributed by atoms with Gasteiger partial charge in [0.05, 0.1) is 6.04 Å². The average molecular weight is 337 g/mol. The third-order valence-electron chi connectivity index (χ3n) is 4.87. The standard InChI is InChI=1S/C21H23NO3/c23-18-13-7-12-17(14-18)20(21(24)25)22-19(15-8-3-1-4-9-15)16-10-5-2-6-11-16/h1-6,8-11,17,19-20,22H,7,12-14H2,(H,24,25)/t17-,20?/m0/s1. The number of rotatable bonds is 6. The number of nitrogens with one attached hydrogen (secondary N) is 1. The van der Waals surface area contributed by atoms with Crippen LogP contribution in [0.1, 0.15) is 42.9 Å². The second-order valence-electron chi connectivity index (χ2n) is 6.63. The number of hydrogen-bond acceptors (Lipinski definition) is 3. The molecule has 0 saturated heterocycles. The van der Waals surface area contributed by atoms with Crippen LogP contribution >= 0.6 is 0 Å². The van der Waals surface area contributed by atoms with Crippen molar-refractivity contribution >= 4 is 11.8 Å². The molecule has 1 aliphatic rings. The van der Waals surface area contributed by atoms with Crippen molar-refractivity contribution in [1.82, 2.24) is 5.32 Å². The minimum atomic E-state index is -0.892. The highest BCUT2D eigenvalue weighted by Crippen LogP contribution is 2.29. The summed E-state index contributed by atoms with van der Waals surface area (Å²) in [6.07, 6.45) is 2.46. The third kappa shape index (κ3) is 4.34. The predicted molar refractivity (Wildman–Crippen MR) is 96.3 cm³/mol. The molecule has 130 valence electrons. The van der Waals surface area contributed by atoms with Crippen LogP contribution in [0.5, 0.6) is 0 Å². The Hall–Kier alpha value is -2.46. The van der Waals surface area contributed by atoms with Gasteiger partial charge in [0.1, 0.15) is 11.8 Å². The Morgan fingerprint density at radius 2 is 1.56 bits per heavy atom. The lowest BCUT2D eigenvalue weighted by Crippen LogP contribution is -2.46. The van der Waals surface area contributed by atoms with Gasteiger partial charge < -0.3 is 5.11 Å². The van der Waals surface area contributed by atoms with E-state index in [0.29, 0.717) is 12.8 Å². The van der Waals surface area contributed by atoms with Gasteiger partial charge in [-0.2, -0.15) is 0 Å². The second kappa shape index (κ2) is 8.08. The molecule has 25 heavy (non-hydrogen) atoms. The molecule has 4 nitrogen and oxygen atoms in total. The van der Waals surface area contributed by atoms with Gasteiger partial charge >= 0.3 is 5.97 Å². The highest BCUT2D eigenvalue weighted by molar-refractivity contribution is 5.81. The minimum absolute atomic E-state index is 0.159. The van der Waals surface area contributed by atoms with E-state index >= 15 is 0 Å². The second-order valence-corrected chi connectivity index (χ2v) is 6.63. The van der Waals surface area contributed by atoms with Gasteiger partial charge in [-0.3, -0.25) is 14.9 Å². The van der Waals surface area contributed by atoms with Crippen LogP contribution in [0.25, 0.3) is 0 Å². The number of benzene rings is 2. The minimum Gasteiger partial charge on any atom is -0.480 e. The average Bonchev–Trinajstić information content (AvgIpc) is 2.63. The number of carboxylic acids is 1. The molecule has 1 aliphatic carbocycles. The lowest BCUT2D eigenvalue weighted by molar-refractivity contribution is -0.142. The van der Waals surface area contributed by atoms with Crippen LogP contribution < -0.4 is 5.32 Å². The molecule has 0 radical (unpaired) electrons. The van der Waals surface area contributed by atoms with Crippen LogP contribution in [-0.2, 0) is 9.59 Å². The first-order chi connectivity index (χ1) is 12.1. The third-order valence-corrected chi connectivity index (χ3v) is 4.87. The van der Waals surface area contributed by atoms with Crippen LogP contribution in [0.3, 0.4) is 0 Å². The molecule has 2 N–H and O–H groups in total. The summed E-state index contributed by atoms with van der Waals surface area (Å²) < 4.78 is 0. The lowest BCUT2D eigenvalue weighted by Gasteiger charge is -2.31. The van der Waals surface area contributed by atoms with Crippen molar-refractivity contribution < 1.29 is 14.7 Å². The molecule has 0 aromatic heterocycles. The molecule has 0 spiro atoms. The van der Waals surface area contributed by atoms with Gasteiger partial charge in [0.2, 0.25) is 0 Å². The molecule has 0 bridgehead atoms. The monoisotopic (exact) mass is 337 g/mol. The highest BCUT2D eigenvalue weighted by Gasteiger charge is 2.34. The van der Waals surface area contributed by atoms with Crippen LogP contribution in [0.15, 0.2) is 60.7 Å². The fourth-order valence-electron chi connectivity index (χ4n) is 3.61. The van der Waals surface area contributed by atoms with Gasteiger partial charge in [-0.15, -0.1) is 0 Å². The molecular formula is C21H23NO3. The van der Waals surface area contributed by atoms with Crippen molar-refractivity contribution in [2.45, 2.75) is 37.8 Å². The number of hydrogen-bond donors (Lipinski definition) is 2. The van der Waals surface area contributed by atoms with Gasteiger partial charge in [-0.1, -0.05) is 60.7 Å². The maximum absolute atomic E-state index is 11.9. The zero-order valence-corrected chi connectivity index (χ0v) is 14.1. The SMILES string of the molecule is O=C1CCC[C@H](C(NC(c2ccccc2)c2ccccc2)C(=O)O)C1. The smallest absolute Gasteiger partial charge is 0.321 e. The summed E-state index contributed by atoms with van der Waals surface area (Å²) in [5, 5.41) is 13.1. The molecule has 4 heteroatoms. The first kappa shape index (κ1) is 17.4. The van der Waals surface area contributed by atoms with Crippen molar-refractivity contribution in [2.75, 3.05) is 0 Å². The van der Waals surface area contributed by atoms with Crippen LogP contribution in [0.2, 0.25) is 0 Å². The van der Waals surface area contributed by atoms with Crippen LogP contribution in [0, 0.1) is 5.92 Å². The summed E-state index contributed by atoms with van der Waals surface area (Å²) in [7, 11) is 0. The van der Waals surface area contributed by atoms with Crippen molar-refractivity contribution in [3.63, 3.8) is 0 Å². The Balaban J connectivity index is 1.89. The predicted octanol–water partition coefficient (Wildman–Crippen LogP) is 3.58. The maximum Gasteiger partial charge on any atom is 0.321 e. The van der Waals surface area contributed by atoms with E-state index in [0.717, 1.165) is 24.0 Å². The van der Waals surface area contributed by atoms with Crippen molar-refractivity contribution in [2.24, 2.45) is 5.92 Å². The van der Waals surface area contributed by atoms with Crippen LogP contribution in [-0.4, -0.2) is 22.9 Å². The van der Waals surface area contributed by atoms with E-state index in [9.17, 15) is 14.7 Å². The zero-order valence-electron chi connectivity index (χ0n) is 14.1. The van der Waals surface area contributed by atoms with Crippen LogP contribution in [0.4, 0.5) is 0 Å². The Morgan fingerprint density at radius 3 is 2.04 bits per heavy atom. The Kier molecular flexibility index (Phi) is 5.61. The fourth-order valence-corrected chi connectivity index (χ4v) is 3.61. The summed E-state index contributed by atoms with van der Waals surface area (Å²) in [6, 6.07) is 18.7. The van der Waals surface area contributed by atoms with Gasteiger partial charge in [0, 0.05) is 12.8 Å². The number of Topliss-reactive ketones (excluding diaryl/α,β-unsaturated/α-hetero) is 1. The van der Waals surface area contributed by atoms with E-state index in [1.807, 2.05) is 60.7 Å². The van der Waals surface area contributed by atoms with E-state index in [1.165, 1.54) is 0 Å². The molecule has 2 aromatic carbocycles. The molecular weight excluding hydrogens is 314 g/mol. The normalized spacial score (nSPS) is 18.9. The van der Waals surface area contributed by atoms with Crippen molar-refractivity contribution in [1.29, 1.82) is 0 Å². The Labute approximate surface area is 147 Å². The van der Waals surface area contributed by atoms with E-state index in [4.69, 9.17) is 0 Å². The summed E-state index contributed by atoms with van der Waals surface area (Å²) in [5.41, 5.74) is 2.03. The first-order valence-corrected chi connectivity index (χ1v) is 8.75. The largest absolute Gasteiger partial charge is 0.480 e. The van der Waals surface area contributed by atoms with Crippen molar-refractivity contribution in [3.05, 3.63) is 71.8 Å². The number of carbonyl (C=O) groups is 2. The summed E-state index contributed by atoms with van der Waals surface area (Å²) in [4.78, 5) is 23.7. The summed E-state index contributed by atoms with van der Waals surface area (Å²) in [6.45, 7) is 0. The number of carboxylic acid groups (broad SMARTS) is 1. The zero-order chi connectivity index (χ0) is 17.6.